The fraction of sp³-hybridized carbons (Fsp3) is 0.375. The van der Waals surface area contributed by atoms with Gasteiger partial charge in [-0.25, -0.2) is 4.39 Å². The molecule has 1 amide bonds. The lowest BCUT2D eigenvalue weighted by Gasteiger charge is -2.29. The van der Waals surface area contributed by atoms with Gasteiger partial charge in [0.25, 0.3) is 0 Å². The van der Waals surface area contributed by atoms with E-state index in [0.717, 1.165) is 16.8 Å². The molecule has 1 atom stereocenters. The molecule has 1 fully saturated rings. The molecule has 28 heavy (non-hydrogen) atoms. The third-order valence-electron chi connectivity index (χ3n) is 6.48. The van der Waals surface area contributed by atoms with Gasteiger partial charge in [0.05, 0.1) is 11.2 Å². The lowest BCUT2D eigenvalue weighted by molar-refractivity contribution is -0.116. The minimum Gasteiger partial charge on any atom is -0.343 e. The molecule has 0 radical (unpaired) electrons. The summed E-state index contributed by atoms with van der Waals surface area (Å²) in [6.07, 6.45) is 9.02. The first-order valence-corrected chi connectivity index (χ1v) is 10.3. The van der Waals surface area contributed by atoms with Gasteiger partial charge in [0.15, 0.2) is 0 Å². The van der Waals surface area contributed by atoms with Crippen molar-refractivity contribution < 1.29 is 9.18 Å². The van der Waals surface area contributed by atoms with E-state index in [0.29, 0.717) is 18.9 Å². The van der Waals surface area contributed by atoms with Crippen LogP contribution >= 0.6 is 0 Å². The number of nitrogens with zero attached hydrogens (tertiary/aromatic N) is 1. The Bertz CT molecular complexity index is 1030. The maximum Gasteiger partial charge on any atom is 0.225 e. The third-order valence-corrected chi connectivity index (χ3v) is 6.48. The highest BCUT2D eigenvalue weighted by atomic mass is 19.1. The van der Waals surface area contributed by atoms with Gasteiger partial charge in [-0.1, -0.05) is 37.5 Å². The number of halogens is 1. The van der Waals surface area contributed by atoms with Crippen LogP contribution < -0.4 is 5.32 Å². The molecular formula is C24H25FN2O. The number of nitrogens with one attached hydrogen (secondary N) is 1. The third kappa shape index (κ3) is 3.11. The second-order valence-corrected chi connectivity index (χ2v) is 8.30. The second kappa shape index (κ2) is 7.08. The number of hydrogen-bond acceptors (Lipinski definition) is 1. The highest BCUT2D eigenvalue weighted by molar-refractivity contribution is 6.05. The van der Waals surface area contributed by atoms with Gasteiger partial charge < -0.3 is 9.88 Å². The van der Waals surface area contributed by atoms with Crippen molar-refractivity contribution in [3.05, 3.63) is 65.6 Å². The van der Waals surface area contributed by atoms with Gasteiger partial charge in [-0.3, -0.25) is 4.79 Å². The number of hydrogen-bond donors (Lipinski definition) is 1. The van der Waals surface area contributed by atoms with Crippen molar-refractivity contribution >= 4 is 22.5 Å². The van der Waals surface area contributed by atoms with E-state index in [9.17, 15) is 9.18 Å². The van der Waals surface area contributed by atoms with Crippen molar-refractivity contribution in [3.63, 3.8) is 0 Å². The number of carbonyl (C=O) groups excluding carboxylic acids is 1. The highest BCUT2D eigenvalue weighted by Gasteiger charge is 2.32. The predicted octanol–water partition coefficient (Wildman–Crippen LogP) is 5.83. The van der Waals surface area contributed by atoms with Crippen molar-refractivity contribution in [2.45, 2.75) is 51.0 Å². The van der Waals surface area contributed by atoms with E-state index in [-0.39, 0.29) is 17.6 Å². The summed E-state index contributed by atoms with van der Waals surface area (Å²) in [7, 11) is 0. The van der Waals surface area contributed by atoms with Gasteiger partial charge in [0.1, 0.15) is 5.82 Å². The van der Waals surface area contributed by atoms with Crippen LogP contribution in [0.15, 0.2) is 48.7 Å². The van der Waals surface area contributed by atoms with Crippen molar-refractivity contribution in [3.8, 4) is 0 Å². The molecule has 3 aromatic rings. The summed E-state index contributed by atoms with van der Waals surface area (Å²) in [5.74, 6) is 0.748. The minimum absolute atomic E-state index is 0.121. The first-order chi connectivity index (χ1) is 13.7. The van der Waals surface area contributed by atoms with Crippen LogP contribution in [0.4, 0.5) is 10.1 Å². The smallest absolute Gasteiger partial charge is 0.225 e. The number of carbonyl (C=O) groups is 1. The molecule has 1 unspecified atom stereocenters. The van der Waals surface area contributed by atoms with Gasteiger partial charge in [-0.05, 0) is 60.1 Å². The molecule has 2 heterocycles. The Kier molecular flexibility index (Phi) is 4.42. The molecular weight excluding hydrogens is 351 g/mol. The van der Waals surface area contributed by atoms with E-state index in [1.165, 1.54) is 49.1 Å². The summed E-state index contributed by atoms with van der Waals surface area (Å²) >= 11 is 0. The maximum atomic E-state index is 13.7. The summed E-state index contributed by atoms with van der Waals surface area (Å²) in [6, 6.07) is 12.9. The molecule has 1 aliphatic carbocycles. The zero-order chi connectivity index (χ0) is 19.1. The van der Waals surface area contributed by atoms with Crippen molar-refractivity contribution in [2.75, 3.05) is 5.32 Å². The molecule has 0 bridgehead atoms. The van der Waals surface area contributed by atoms with Gasteiger partial charge in [0.2, 0.25) is 5.91 Å². The normalized spacial score (nSPS) is 20.2. The van der Waals surface area contributed by atoms with Crippen LogP contribution in [0.1, 0.15) is 55.6 Å². The standard InChI is InChI=1S/C24H25FN2O/c25-18-9-4-6-16(12-18)14-27-15-20-19(17-7-2-1-3-8-17)13-23(28)26-21-10-5-11-22(27)24(20)21/h4-6,9-12,15,17,19H,1-3,7-8,13-14H2,(H,26,28). The van der Waals surface area contributed by atoms with Gasteiger partial charge in [-0.2, -0.15) is 0 Å². The van der Waals surface area contributed by atoms with Crippen molar-refractivity contribution in [2.24, 2.45) is 5.92 Å². The Labute approximate surface area is 164 Å². The molecule has 2 aromatic carbocycles. The van der Waals surface area contributed by atoms with Crippen molar-refractivity contribution in [1.82, 2.24) is 4.57 Å². The minimum atomic E-state index is -0.205. The SMILES string of the molecule is O=C1CC(C2CCCCC2)c2cn(Cc3cccc(F)c3)c3cccc(c23)N1. The zero-order valence-electron chi connectivity index (χ0n) is 16.0. The summed E-state index contributed by atoms with van der Waals surface area (Å²) in [5.41, 5.74) is 4.25. The lowest BCUT2D eigenvalue weighted by Crippen LogP contribution is -2.20. The number of amides is 1. The lowest BCUT2D eigenvalue weighted by atomic mass is 9.75. The molecule has 4 heteroatoms. The van der Waals surface area contributed by atoms with Crippen LogP contribution in [0.25, 0.3) is 10.9 Å². The van der Waals surface area contributed by atoms with E-state index in [1.807, 2.05) is 18.2 Å². The van der Waals surface area contributed by atoms with Crippen molar-refractivity contribution in [1.29, 1.82) is 0 Å². The molecule has 1 aliphatic heterocycles. The number of rotatable bonds is 3. The quantitative estimate of drug-likeness (QED) is 0.613. The molecule has 3 nitrogen and oxygen atoms in total. The maximum absolute atomic E-state index is 13.7. The molecule has 1 saturated carbocycles. The number of benzene rings is 2. The van der Waals surface area contributed by atoms with Crippen LogP contribution in [-0.2, 0) is 11.3 Å². The van der Waals surface area contributed by atoms with E-state index < -0.39 is 0 Å². The average molecular weight is 376 g/mol. The van der Waals surface area contributed by atoms with E-state index >= 15 is 0 Å². The predicted molar refractivity (Wildman–Crippen MR) is 110 cm³/mol. The molecule has 1 aromatic heterocycles. The number of anilines is 1. The van der Waals surface area contributed by atoms with E-state index in [2.05, 4.69) is 22.1 Å². The topological polar surface area (TPSA) is 34.0 Å². The van der Waals surface area contributed by atoms with Crippen LogP contribution in [0.5, 0.6) is 0 Å². The Hall–Kier alpha value is -2.62. The first-order valence-electron chi connectivity index (χ1n) is 10.3. The van der Waals surface area contributed by atoms with E-state index in [1.54, 1.807) is 12.1 Å². The summed E-state index contributed by atoms with van der Waals surface area (Å²) in [5, 5.41) is 4.30. The van der Waals surface area contributed by atoms with Gasteiger partial charge in [-0.15, -0.1) is 0 Å². The number of aromatic nitrogens is 1. The first kappa shape index (κ1) is 17.5. The zero-order valence-corrected chi connectivity index (χ0v) is 16.0. The monoisotopic (exact) mass is 376 g/mol. The highest BCUT2D eigenvalue weighted by Crippen LogP contribution is 2.45. The Morgan fingerprint density at radius 3 is 2.71 bits per heavy atom. The van der Waals surface area contributed by atoms with Crippen LogP contribution in [-0.4, -0.2) is 10.5 Å². The Morgan fingerprint density at radius 2 is 1.89 bits per heavy atom. The van der Waals surface area contributed by atoms with Gasteiger partial charge >= 0.3 is 0 Å². The molecule has 5 rings (SSSR count). The molecule has 144 valence electrons. The fourth-order valence-electron chi connectivity index (χ4n) is 5.20. The fourth-order valence-corrected chi connectivity index (χ4v) is 5.20. The average Bonchev–Trinajstić information content (AvgIpc) is 2.98. The summed E-state index contributed by atoms with van der Waals surface area (Å²) in [6.45, 7) is 0.628. The van der Waals surface area contributed by atoms with Gasteiger partial charge in [0, 0.05) is 24.5 Å². The Morgan fingerprint density at radius 1 is 1.07 bits per heavy atom. The molecule has 1 N–H and O–H groups in total. The second-order valence-electron chi connectivity index (χ2n) is 8.30. The van der Waals surface area contributed by atoms with Crippen LogP contribution in [0.2, 0.25) is 0 Å². The summed E-state index contributed by atoms with van der Waals surface area (Å²) < 4.78 is 15.9. The molecule has 2 aliphatic rings. The summed E-state index contributed by atoms with van der Waals surface area (Å²) in [4.78, 5) is 12.6. The largest absolute Gasteiger partial charge is 0.343 e. The van der Waals surface area contributed by atoms with Crippen LogP contribution in [0, 0.1) is 11.7 Å². The van der Waals surface area contributed by atoms with E-state index in [4.69, 9.17) is 0 Å². The Balaban J connectivity index is 1.62. The molecule has 0 saturated heterocycles. The van der Waals surface area contributed by atoms with Crippen LogP contribution in [0.3, 0.4) is 0 Å². The molecule has 0 spiro atoms.